The Kier molecular flexibility index (Phi) is 7.37. The van der Waals surface area contributed by atoms with Crippen LogP contribution in [0.5, 0.6) is 0 Å². The van der Waals surface area contributed by atoms with Crippen LogP contribution in [-0.4, -0.2) is 72.7 Å². The van der Waals surface area contributed by atoms with Crippen molar-refractivity contribution in [2.45, 2.75) is 31.8 Å². The van der Waals surface area contributed by atoms with Crippen molar-refractivity contribution in [3.8, 4) is 0 Å². The summed E-state index contributed by atoms with van der Waals surface area (Å²) in [6.45, 7) is 4.77. The average molecular weight is 526 g/mol. The largest absolute Gasteiger partial charge is 0.467 e. The molecule has 2 aliphatic heterocycles. The smallest absolute Gasteiger partial charge is 0.328 e. The predicted octanol–water partition coefficient (Wildman–Crippen LogP) is 3.70. The van der Waals surface area contributed by atoms with Crippen molar-refractivity contribution in [1.82, 2.24) is 14.9 Å². The first-order valence-corrected chi connectivity index (χ1v) is 12.6. The van der Waals surface area contributed by atoms with Crippen molar-refractivity contribution in [3.63, 3.8) is 0 Å². The first kappa shape index (κ1) is 25.8. The summed E-state index contributed by atoms with van der Waals surface area (Å²) in [4.78, 5) is 38.9. The third-order valence-corrected chi connectivity index (χ3v) is 6.95. The molecule has 1 N–H and O–H groups in total. The fraction of sp³-hybridized carbons (Fsp3) is 0.407. The molecule has 1 aromatic heterocycles. The van der Waals surface area contributed by atoms with Gasteiger partial charge in [-0.3, -0.25) is 9.78 Å². The number of carbonyl (C=O) groups excluding carboxylic acids is 2. The molecule has 0 saturated carbocycles. The third kappa shape index (κ3) is 5.24. The Morgan fingerprint density at radius 2 is 1.84 bits per heavy atom. The summed E-state index contributed by atoms with van der Waals surface area (Å²) >= 11 is 0. The van der Waals surface area contributed by atoms with Crippen molar-refractivity contribution >= 4 is 34.4 Å². The summed E-state index contributed by atoms with van der Waals surface area (Å²) < 4.78 is 38.1. The van der Waals surface area contributed by atoms with E-state index in [1.165, 1.54) is 24.1 Å². The van der Waals surface area contributed by atoms with Crippen LogP contribution >= 0.6 is 0 Å². The van der Waals surface area contributed by atoms with E-state index in [1.807, 2.05) is 6.92 Å². The minimum atomic E-state index is -0.703. The van der Waals surface area contributed by atoms with Gasteiger partial charge >= 0.3 is 5.97 Å². The number of amides is 1. The lowest BCUT2D eigenvalue weighted by Crippen LogP contribution is -2.41. The first-order valence-electron chi connectivity index (χ1n) is 12.6. The third-order valence-electron chi connectivity index (χ3n) is 6.95. The molecule has 38 heavy (non-hydrogen) atoms. The van der Waals surface area contributed by atoms with Gasteiger partial charge in [-0.25, -0.2) is 18.6 Å². The zero-order valence-electron chi connectivity index (χ0n) is 21.2. The van der Waals surface area contributed by atoms with Gasteiger partial charge in [0.15, 0.2) is 0 Å². The highest BCUT2D eigenvalue weighted by Crippen LogP contribution is 2.30. The molecule has 200 valence electrons. The second-order valence-corrected chi connectivity index (χ2v) is 9.46. The van der Waals surface area contributed by atoms with Crippen LogP contribution in [0.4, 0.5) is 20.3 Å². The van der Waals surface area contributed by atoms with Crippen LogP contribution < -0.4 is 10.2 Å². The van der Waals surface area contributed by atoms with Crippen LogP contribution in [0.3, 0.4) is 0 Å². The highest BCUT2D eigenvalue weighted by molar-refractivity contribution is 6.00. The van der Waals surface area contributed by atoms with E-state index in [1.54, 1.807) is 18.3 Å². The van der Waals surface area contributed by atoms with E-state index >= 15 is 0 Å². The first-order chi connectivity index (χ1) is 18.3. The Morgan fingerprint density at radius 1 is 1.11 bits per heavy atom. The number of benzene rings is 2. The number of anilines is 2. The number of carbonyl (C=O) groups is 2. The van der Waals surface area contributed by atoms with Crippen molar-refractivity contribution in [2.75, 3.05) is 50.2 Å². The van der Waals surface area contributed by atoms with Gasteiger partial charge < -0.3 is 24.6 Å². The minimum absolute atomic E-state index is 0.252. The lowest BCUT2D eigenvalue weighted by atomic mass is 10.0. The predicted molar refractivity (Wildman–Crippen MR) is 137 cm³/mol. The van der Waals surface area contributed by atoms with Crippen LogP contribution in [0.2, 0.25) is 0 Å². The molecule has 5 rings (SSSR count). The van der Waals surface area contributed by atoms with Crippen molar-refractivity contribution in [2.24, 2.45) is 0 Å². The molecule has 0 bridgehead atoms. The molecule has 1 unspecified atom stereocenters. The number of aromatic nitrogens is 2. The summed E-state index contributed by atoms with van der Waals surface area (Å²) in [6.07, 6.45) is 2.89. The van der Waals surface area contributed by atoms with Gasteiger partial charge in [0, 0.05) is 42.5 Å². The Hall–Kier alpha value is -3.86. The quantitative estimate of drug-likeness (QED) is 0.487. The maximum atomic E-state index is 13.9. The molecule has 2 fully saturated rings. The van der Waals surface area contributed by atoms with Gasteiger partial charge in [0.1, 0.15) is 23.5 Å². The van der Waals surface area contributed by atoms with Crippen LogP contribution in [0, 0.1) is 11.6 Å². The van der Waals surface area contributed by atoms with E-state index in [9.17, 15) is 18.4 Å². The number of nitrogens with one attached hydrogen (secondary N) is 1. The lowest BCUT2D eigenvalue weighted by Gasteiger charge is -2.28. The second-order valence-electron chi connectivity index (χ2n) is 9.46. The van der Waals surface area contributed by atoms with Crippen LogP contribution in [0.15, 0.2) is 36.5 Å². The molecule has 0 aliphatic carbocycles. The van der Waals surface area contributed by atoms with Crippen molar-refractivity contribution < 1.29 is 27.8 Å². The summed E-state index contributed by atoms with van der Waals surface area (Å²) in [7, 11) is 1.31. The Labute approximate surface area is 218 Å². The van der Waals surface area contributed by atoms with E-state index in [0.29, 0.717) is 73.7 Å². The molecular formula is C27H29F2N5O4. The maximum absolute atomic E-state index is 13.9. The second kappa shape index (κ2) is 10.9. The van der Waals surface area contributed by atoms with Crippen molar-refractivity contribution in [1.29, 1.82) is 0 Å². The SMILES string of the molecule is COC(=O)[C@@H]1CCCN1C(=O)c1cc(C(C)Nc2cc(F)cc(F)c2)c2nc(N3CCOCC3)cnc2c1. The van der Waals surface area contributed by atoms with E-state index in [0.717, 1.165) is 6.07 Å². The lowest BCUT2D eigenvalue weighted by molar-refractivity contribution is -0.145. The molecule has 0 spiro atoms. The molecule has 2 atom stereocenters. The number of esters is 1. The van der Waals surface area contributed by atoms with Gasteiger partial charge in [-0.1, -0.05) is 0 Å². The molecule has 2 aliphatic rings. The standard InChI is InChI=1S/C27H29F2N5O4/c1-16(31-20-13-18(28)12-19(29)14-20)21-10-17(26(35)34-5-3-4-23(34)27(36)37-2)11-22-25(21)32-24(15-30-22)33-6-8-38-9-7-33/h10-16,23,31H,3-9H2,1-2H3/t16?,23-/m0/s1. The number of ether oxygens (including phenoxy) is 2. The summed E-state index contributed by atoms with van der Waals surface area (Å²) in [5.74, 6) is -1.49. The van der Waals surface area contributed by atoms with E-state index in [-0.39, 0.29) is 11.6 Å². The highest BCUT2D eigenvalue weighted by atomic mass is 19.1. The zero-order valence-corrected chi connectivity index (χ0v) is 21.2. The molecule has 2 saturated heterocycles. The minimum Gasteiger partial charge on any atom is -0.467 e. The number of nitrogens with zero attached hydrogens (tertiary/aromatic N) is 4. The number of hydrogen-bond acceptors (Lipinski definition) is 8. The van der Waals surface area contributed by atoms with Crippen molar-refractivity contribution in [3.05, 3.63) is 59.3 Å². The summed E-state index contributed by atoms with van der Waals surface area (Å²) in [5, 5.41) is 3.12. The summed E-state index contributed by atoms with van der Waals surface area (Å²) in [5.41, 5.74) is 2.29. The van der Waals surface area contributed by atoms with Gasteiger partial charge in [-0.05, 0) is 44.0 Å². The normalized spacial score (nSPS) is 18.5. The van der Waals surface area contributed by atoms with Gasteiger partial charge in [0.2, 0.25) is 0 Å². The summed E-state index contributed by atoms with van der Waals surface area (Å²) in [6, 6.07) is 5.45. The fourth-order valence-electron chi connectivity index (χ4n) is 5.05. The number of likely N-dealkylation sites (tertiary alicyclic amines) is 1. The van der Waals surface area contributed by atoms with Crippen LogP contribution in [-0.2, 0) is 14.3 Å². The molecule has 1 amide bonds. The topological polar surface area (TPSA) is 96.9 Å². The van der Waals surface area contributed by atoms with Gasteiger partial charge in [0.05, 0.1) is 43.6 Å². The average Bonchev–Trinajstić information content (AvgIpc) is 3.41. The Bertz CT molecular complexity index is 1340. The number of hydrogen-bond donors (Lipinski definition) is 1. The number of methoxy groups -OCH3 is 1. The number of fused-ring (bicyclic) bond motifs is 1. The fourth-order valence-corrected chi connectivity index (χ4v) is 5.05. The molecule has 3 aromatic rings. The molecule has 3 heterocycles. The van der Waals surface area contributed by atoms with E-state index < -0.39 is 29.7 Å². The van der Waals surface area contributed by atoms with Crippen LogP contribution in [0.25, 0.3) is 11.0 Å². The Balaban J connectivity index is 1.56. The molecule has 9 nitrogen and oxygen atoms in total. The Morgan fingerprint density at radius 3 is 2.55 bits per heavy atom. The monoisotopic (exact) mass is 525 g/mol. The van der Waals surface area contributed by atoms with Gasteiger partial charge in [-0.15, -0.1) is 0 Å². The number of halogens is 2. The van der Waals surface area contributed by atoms with Gasteiger partial charge in [-0.2, -0.15) is 0 Å². The van der Waals surface area contributed by atoms with E-state index in [2.05, 4.69) is 15.2 Å². The van der Waals surface area contributed by atoms with Crippen LogP contribution in [0.1, 0.15) is 41.7 Å². The number of rotatable bonds is 6. The van der Waals surface area contributed by atoms with E-state index in [4.69, 9.17) is 14.5 Å². The maximum Gasteiger partial charge on any atom is 0.328 e. The van der Waals surface area contributed by atoms with Gasteiger partial charge in [0.25, 0.3) is 5.91 Å². The molecule has 0 radical (unpaired) electrons. The highest BCUT2D eigenvalue weighted by Gasteiger charge is 2.35. The molecule has 2 aromatic carbocycles. The zero-order chi connectivity index (χ0) is 26.8. The number of morpholine rings is 1. The molecular weight excluding hydrogens is 496 g/mol. The molecule has 11 heteroatoms.